The number of halogens is 1. The van der Waals surface area contributed by atoms with Gasteiger partial charge in [0.1, 0.15) is 5.75 Å². The molecule has 0 heterocycles. The Hall–Kier alpha value is -1.73. The van der Waals surface area contributed by atoms with Crippen molar-refractivity contribution in [2.24, 2.45) is 0 Å². The summed E-state index contributed by atoms with van der Waals surface area (Å²) in [6.45, 7) is 0. The third kappa shape index (κ3) is 3.14. The van der Waals surface area contributed by atoms with Crippen molar-refractivity contribution in [2.75, 3.05) is 18.3 Å². The third-order valence-corrected chi connectivity index (χ3v) is 2.12. The number of amides is 1. The molecule has 0 aliphatic carbocycles. The van der Waals surface area contributed by atoms with E-state index in [4.69, 9.17) is 21.6 Å². The van der Waals surface area contributed by atoms with Crippen LogP contribution in [-0.2, 0) is 4.79 Å². The Morgan fingerprint density at radius 3 is 2.94 bits per heavy atom. The number of hydrogen-bond donors (Lipinski definition) is 1. The van der Waals surface area contributed by atoms with E-state index in [2.05, 4.69) is 5.32 Å². The predicted octanol–water partition coefficient (Wildman–Crippen LogP) is 2.13. The van der Waals surface area contributed by atoms with Gasteiger partial charge in [-0.15, -0.1) is 11.6 Å². The highest BCUT2D eigenvalue weighted by Gasteiger charge is 2.07. The van der Waals surface area contributed by atoms with Gasteiger partial charge in [-0.1, -0.05) is 0 Å². The maximum Gasteiger partial charge on any atom is 0.225 e. The van der Waals surface area contributed by atoms with Crippen LogP contribution in [0.5, 0.6) is 5.75 Å². The van der Waals surface area contributed by atoms with E-state index in [0.717, 1.165) is 0 Å². The molecular formula is C11H11ClN2O2. The van der Waals surface area contributed by atoms with Crippen molar-refractivity contribution in [2.45, 2.75) is 6.42 Å². The molecule has 5 heteroatoms. The maximum absolute atomic E-state index is 11.3. The van der Waals surface area contributed by atoms with Gasteiger partial charge in [-0.2, -0.15) is 5.26 Å². The minimum absolute atomic E-state index is 0.182. The molecular weight excluding hydrogens is 228 g/mol. The minimum atomic E-state index is -0.182. The number of anilines is 1. The van der Waals surface area contributed by atoms with E-state index in [1.54, 1.807) is 18.2 Å². The van der Waals surface area contributed by atoms with Crippen molar-refractivity contribution in [3.8, 4) is 11.8 Å². The van der Waals surface area contributed by atoms with Crippen LogP contribution in [0.2, 0.25) is 0 Å². The first-order valence-corrected chi connectivity index (χ1v) is 5.18. The molecule has 0 bridgehead atoms. The molecule has 0 aliphatic heterocycles. The summed E-state index contributed by atoms with van der Waals surface area (Å²) in [7, 11) is 1.48. The summed E-state index contributed by atoms with van der Waals surface area (Å²) in [5.74, 6) is 0.546. The first-order valence-electron chi connectivity index (χ1n) is 4.65. The van der Waals surface area contributed by atoms with Crippen LogP contribution in [-0.4, -0.2) is 18.9 Å². The maximum atomic E-state index is 11.3. The molecule has 0 atom stereocenters. The lowest BCUT2D eigenvalue weighted by atomic mass is 10.2. The number of nitrogens with one attached hydrogen (secondary N) is 1. The van der Waals surface area contributed by atoms with Gasteiger partial charge in [0.25, 0.3) is 0 Å². The molecule has 4 nitrogen and oxygen atoms in total. The Bertz CT molecular complexity index is 426. The van der Waals surface area contributed by atoms with Crippen molar-refractivity contribution in [3.05, 3.63) is 23.8 Å². The molecule has 0 saturated heterocycles. The number of alkyl halides is 1. The van der Waals surface area contributed by atoms with Gasteiger partial charge in [0.2, 0.25) is 5.91 Å². The largest absolute Gasteiger partial charge is 0.495 e. The monoisotopic (exact) mass is 238 g/mol. The Morgan fingerprint density at radius 2 is 2.38 bits per heavy atom. The number of carbonyl (C=O) groups is 1. The number of benzene rings is 1. The lowest BCUT2D eigenvalue weighted by Crippen LogP contribution is -2.12. The second-order valence-electron chi connectivity index (χ2n) is 3.01. The third-order valence-electron chi connectivity index (χ3n) is 1.93. The molecule has 84 valence electrons. The molecule has 0 aromatic heterocycles. The number of nitrogens with zero attached hydrogens (tertiary/aromatic N) is 1. The van der Waals surface area contributed by atoms with Crippen molar-refractivity contribution < 1.29 is 9.53 Å². The van der Waals surface area contributed by atoms with Gasteiger partial charge in [-0.05, 0) is 12.1 Å². The molecule has 1 N–H and O–H groups in total. The van der Waals surface area contributed by atoms with E-state index in [1.807, 2.05) is 6.07 Å². The molecule has 0 unspecified atom stereocenters. The summed E-state index contributed by atoms with van der Waals surface area (Å²) < 4.78 is 5.07. The molecule has 0 saturated carbocycles. The van der Waals surface area contributed by atoms with E-state index >= 15 is 0 Å². The van der Waals surface area contributed by atoms with Crippen LogP contribution in [0.15, 0.2) is 18.2 Å². The normalized spacial score (nSPS) is 9.31. The van der Waals surface area contributed by atoms with Gasteiger partial charge in [0.15, 0.2) is 0 Å². The lowest BCUT2D eigenvalue weighted by Gasteiger charge is -2.09. The summed E-state index contributed by atoms with van der Waals surface area (Å²) in [6.07, 6.45) is 0.241. The van der Waals surface area contributed by atoms with E-state index in [9.17, 15) is 4.79 Å². The van der Waals surface area contributed by atoms with Crippen molar-refractivity contribution >= 4 is 23.2 Å². The topological polar surface area (TPSA) is 62.1 Å². The van der Waals surface area contributed by atoms with Gasteiger partial charge in [0, 0.05) is 18.4 Å². The molecule has 0 aliphatic rings. The molecule has 0 fully saturated rings. The first kappa shape index (κ1) is 12.3. The fraction of sp³-hybridized carbons (Fsp3) is 0.273. The van der Waals surface area contributed by atoms with E-state index in [-0.39, 0.29) is 18.2 Å². The van der Waals surface area contributed by atoms with Gasteiger partial charge in [0.05, 0.1) is 24.4 Å². The Balaban J connectivity index is 2.88. The Morgan fingerprint density at radius 1 is 1.62 bits per heavy atom. The molecule has 1 rings (SSSR count). The number of methoxy groups -OCH3 is 1. The standard InChI is InChI=1S/C11H11ClN2O2/c1-16-10-6-8(7-13)2-3-9(10)14-11(15)4-5-12/h2-3,6H,4-5H2,1H3,(H,14,15). The highest BCUT2D eigenvalue weighted by molar-refractivity contribution is 6.19. The van der Waals surface area contributed by atoms with E-state index < -0.39 is 0 Å². The van der Waals surface area contributed by atoms with Crippen LogP contribution in [0.1, 0.15) is 12.0 Å². The fourth-order valence-electron chi connectivity index (χ4n) is 1.16. The van der Waals surface area contributed by atoms with Crippen LogP contribution in [0.3, 0.4) is 0 Å². The highest BCUT2D eigenvalue weighted by Crippen LogP contribution is 2.25. The van der Waals surface area contributed by atoms with E-state index in [1.165, 1.54) is 7.11 Å². The number of carbonyl (C=O) groups excluding carboxylic acids is 1. The second-order valence-corrected chi connectivity index (χ2v) is 3.39. The number of hydrogen-bond acceptors (Lipinski definition) is 3. The first-order chi connectivity index (χ1) is 7.71. The molecule has 1 aromatic carbocycles. The average Bonchev–Trinajstić information content (AvgIpc) is 2.30. The van der Waals surface area contributed by atoms with Crippen LogP contribution in [0.25, 0.3) is 0 Å². The zero-order valence-electron chi connectivity index (χ0n) is 8.79. The summed E-state index contributed by atoms with van der Waals surface area (Å²) >= 11 is 5.45. The van der Waals surface area contributed by atoms with Crippen LogP contribution in [0.4, 0.5) is 5.69 Å². The molecule has 0 radical (unpaired) electrons. The van der Waals surface area contributed by atoms with Crippen molar-refractivity contribution in [1.82, 2.24) is 0 Å². The summed E-state index contributed by atoms with van der Waals surface area (Å²) in [4.78, 5) is 11.3. The number of rotatable bonds is 4. The van der Waals surface area contributed by atoms with Gasteiger partial charge >= 0.3 is 0 Å². The lowest BCUT2D eigenvalue weighted by molar-refractivity contribution is -0.115. The minimum Gasteiger partial charge on any atom is -0.495 e. The summed E-state index contributed by atoms with van der Waals surface area (Å²) in [5, 5.41) is 11.4. The van der Waals surface area contributed by atoms with E-state index in [0.29, 0.717) is 17.0 Å². The highest BCUT2D eigenvalue weighted by atomic mass is 35.5. The SMILES string of the molecule is COc1cc(C#N)ccc1NC(=O)CCCl. The van der Waals surface area contributed by atoms with Crippen LogP contribution >= 0.6 is 11.6 Å². The molecule has 16 heavy (non-hydrogen) atoms. The fourth-order valence-corrected chi connectivity index (χ4v) is 1.33. The predicted molar refractivity (Wildman–Crippen MR) is 61.7 cm³/mol. The quantitative estimate of drug-likeness (QED) is 0.818. The van der Waals surface area contributed by atoms with Crippen molar-refractivity contribution in [3.63, 3.8) is 0 Å². The van der Waals surface area contributed by atoms with Crippen LogP contribution in [0, 0.1) is 11.3 Å². The Labute approximate surface area is 98.8 Å². The zero-order chi connectivity index (χ0) is 12.0. The summed E-state index contributed by atoms with van der Waals surface area (Å²) in [6, 6.07) is 6.80. The number of nitriles is 1. The smallest absolute Gasteiger partial charge is 0.225 e. The second kappa shape index (κ2) is 5.99. The zero-order valence-corrected chi connectivity index (χ0v) is 9.54. The molecule has 0 spiro atoms. The number of ether oxygens (including phenoxy) is 1. The van der Waals surface area contributed by atoms with Gasteiger partial charge in [-0.25, -0.2) is 0 Å². The van der Waals surface area contributed by atoms with Crippen LogP contribution < -0.4 is 10.1 Å². The van der Waals surface area contributed by atoms with Crippen molar-refractivity contribution in [1.29, 1.82) is 5.26 Å². The van der Waals surface area contributed by atoms with Gasteiger partial charge < -0.3 is 10.1 Å². The van der Waals surface area contributed by atoms with Gasteiger partial charge in [-0.3, -0.25) is 4.79 Å². The average molecular weight is 239 g/mol. The molecule has 1 amide bonds. The Kier molecular flexibility index (Phi) is 4.62. The molecule has 1 aromatic rings. The summed E-state index contributed by atoms with van der Waals surface area (Å²) in [5.41, 5.74) is 1.02.